The van der Waals surface area contributed by atoms with Gasteiger partial charge in [-0.25, -0.2) is 4.39 Å². The molecule has 2 aromatic carbocycles. The molecule has 0 radical (unpaired) electrons. The Morgan fingerprint density at radius 2 is 1.85 bits per heavy atom. The van der Waals surface area contributed by atoms with E-state index in [9.17, 15) is 14.3 Å². The molecule has 2 N–H and O–H groups in total. The fourth-order valence-corrected chi connectivity index (χ4v) is 4.68. The number of benzene rings is 2. The molecule has 0 aromatic heterocycles. The van der Waals surface area contributed by atoms with E-state index in [0.717, 1.165) is 36.3 Å². The van der Waals surface area contributed by atoms with Crippen LogP contribution in [-0.4, -0.2) is 39.8 Å². The van der Waals surface area contributed by atoms with E-state index < -0.39 is 0 Å². The number of nitrogens with one attached hydrogen (secondary N) is 1. The van der Waals surface area contributed by atoms with Crippen LogP contribution in [0.25, 0.3) is 0 Å². The Morgan fingerprint density at radius 1 is 1.15 bits per heavy atom. The molecule has 2 aromatic rings. The highest BCUT2D eigenvalue weighted by atomic mass is 32.2. The average Bonchev–Trinajstić information content (AvgIpc) is 3.38. The highest BCUT2D eigenvalue weighted by Crippen LogP contribution is 2.34. The zero-order valence-corrected chi connectivity index (χ0v) is 15.8. The number of hydrogen-bond donors (Lipinski definition) is 2. The van der Waals surface area contributed by atoms with Crippen molar-refractivity contribution in [1.29, 1.82) is 0 Å². The van der Waals surface area contributed by atoms with E-state index in [0.29, 0.717) is 12.6 Å². The maximum absolute atomic E-state index is 13.1. The number of hydrogen-bond acceptors (Lipinski definition) is 4. The number of likely N-dealkylation sites (tertiary alicyclic amines) is 1. The maximum atomic E-state index is 13.1. The molecule has 142 valence electrons. The molecule has 1 aliphatic heterocycles. The standard InChI is InChI=1S/C21H23FN2O2S/c22-15-3-9-18(10-4-15)27-19-11-20(21(26)23-16-5-6-16)24(13-19)12-14-1-7-17(25)8-2-14/h1-4,7-10,16,19-20,25H,5-6,11-13H2,(H,23,26)/t19-,20+/m1/s1. The van der Waals surface area contributed by atoms with E-state index in [1.165, 1.54) is 12.1 Å². The topological polar surface area (TPSA) is 52.6 Å². The van der Waals surface area contributed by atoms with Crippen molar-refractivity contribution in [1.82, 2.24) is 10.2 Å². The van der Waals surface area contributed by atoms with E-state index in [1.807, 2.05) is 12.1 Å². The SMILES string of the molecule is O=C(NC1CC1)[C@@H]1C[C@@H](Sc2ccc(F)cc2)CN1Cc1ccc(O)cc1. The zero-order valence-electron chi connectivity index (χ0n) is 15.0. The molecule has 1 saturated carbocycles. The van der Waals surface area contributed by atoms with Crippen LogP contribution in [0.4, 0.5) is 4.39 Å². The Morgan fingerprint density at radius 3 is 2.52 bits per heavy atom. The first-order valence-electron chi connectivity index (χ1n) is 9.31. The number of rotatable bonds is 6. The van der Waals surface area contributed by atoms with Gasteiger partial charge < -0.3 is 10.4 Å². The predicted octanol–water partition coefficient (Wildman–Crippen LogP) is 3.55. The Kier molecular flexibility index (Phi) is 5.36. The second kappa shape index (κ2) is 7.90. The minimum absolute atomic E-state index is 0.110. The third kappa shape index (κ3) is 4.82. The van der Waals surface area contributed by atoms with Crippen molar-refractivity contribution in [2.75, 3.05) is 6.54 Å². The molecule has 1 aliphatic carbocycles. The molecular weight excluding hydrogens is 363 g/mol. The summed E-state index contributed by atoms with van der Waals surface area (Å²) in [6.45, 7) is 1.47. The largest absolute Gasteiger partial charge is 0.508 e. The van der Waals surface area contributed by atoms with Crippen molar-refractivity contribution >= 4 is 17.7 Å². The number of nitrogens with zero attached hydrogens (tertiary/aromatic N) is 1. The number of amides is 1. The molecular formula is C21H23FN2O2S. The number of phenols is 1. The van der Waals surface area contributed by atoms with Crippen molar-refractivity contribution in [3.05, 3.63) is 59.9 Å². The molecule has 4 rings (SSSR count). The van der Waals surface area contributed by atoms with Gasteiger partial charge in [0.15, 0.2) is 0 Å². The van der Waals surface area contributed by atoms with Gasteiger partial charge in [-0.05, 0) is 61.2 Å². The molecule has 0 unspecified atom stereocenters. The summed E-state index contributed by atoms with van der Waals surface area (Å²) in [6, 6.07) is 13.9. The Bertz CT molecular complexity index is 793. The summed E-state index contributed by atoms with van der Waals surface area (Å²) < 4.78 is 13.1. The van der Waals surface area contributed by atoms with Gasteiger partial charge in [-0.3, -0.25) is 9.69 Å². The molecule has 6 heteroatoms. The van der Waals surface area contributed by atoms with Gasteiger partial charge in [0.1, 0.15) is 11.6 Å². The molecule has 2 fully saturated rings. The van der Waals surface area contributed by atoms with Gasteiger partial charge in [-0.15, -0.1) is 11.8 Å². The van der Waals surface area contributed by atoms with E-state index >= 15 is 0 Å². The lowest BCUT2D eigenvalue weighted by Crippen LogP contribution is -2.43. The van der Waals surface area contributed by atoms with Crippen molar-refractivity contribution in [2.24, 2.45) is 0 Å². The van der Waals surface area contributed by atoms with E-state index in [2.05, 4.69) is 10.2 Å². The molecule has 2 atom stereocenters. The summed E-state index contributed by atoms with van der Waals surface area (Å²) in [6.07, 6.45) is 2.92. The zero-order chi connectivity index (χ0) is 18.8. The molecule has 0 spiro atoms. The second-order valence-corrected chi connectivity index (χ2v) is 8.70. The quantitative estimate of drug-likeness (QED) is 0.797. The lowest BCUT2D eigenvalue weighted by atomic mass is 10.1. The van der Waals surface area contributed by atoms with E-state index in [1.54, 1.807) is 36.0 Å². The van der Waals surface area contributed by atoms with Gasteiger partial charge in [0.2, 0.25) is 5.91 Å². The summed E-state index contributed by atoms with van der Waals surface area (Å²) in [5.74, 6) is 0.118. The number of halogens is 1. The monoisotopic (exact) mass is 386 g/mol. The Labute approximate surface area is 162 Å². The van der Waals surface area contributed by atoms with Crippen LogP contribution < -0.4 is 5.32 Å². The second-order valence-electron chi connectivity index (χ2n) is 7.32. The molecule has 1 amide bonds. The molecule has 27 heavy (non-hydrogen) atoms. The molecule has 0 bridgehead atoms. The van der Waals surface area contributed by atoms with Gasteiger partial charge >= 0.3 is 0 Å². The van der Waals surface area contributed by atoms with Crippen molar-refractivity contribution < 1.29 is 14.3 Å². The summed E-state index contributed by atoms with van der Waals surface area (Å²) in [7, 11) is 0. The van der Waals surface area contributed by atoms with Crippen LogP contribution in [0.5, 0.6) is 5.75 Å². The lowest BCUT2D eigenvalue weighted by molar-refractivity contribution is -0.125. The van der Waals surface area contributed by atoms with E-state index in [4.69, 9.17) is 0 Å². The Hall–Kier alpha value is -2.05. The summed E-state index contributed by atoms with van der Waals surface area (Å²) in [4.78, 5) is 16.0. The third-order valence-corrected chi connectivity index (χ3v) is 6.25. The summed E-state index contributed by atoms with van der Waals surface area (Å²) in [5.41, 5.74) is 1.07. The number of carbonyl (C=O) groups is 1. The number of phenolic OH excluding ortho intramolecular Hbond substituents is 1. The number of aromatic hydroxyl groups is 1. The van der Waals surface area contributed by atoms with Crippen LogP contribution in [0.15, 0.2) is 53.4 Å². The van der Waals surface area contributed by atoms with Crippen LogP contribution in [0.3, 0.4) is 0 Å². The highest BCUT2D eigenvalue weighted by Gasteiger charge is 2.38. The van der Waals surface area contributed by atoms with E-state index in [-0.39, 0.29) is 28.8 Å². The van der Waals surface area contributed by atoms with Gasteiger partial charge in [-0.1, -0.05) is 12.1 Å². The van der Waals surface area contributed by atoms with Gasteiger partial charge in [0, 0.05) is 29.3 Å². The number of carbonyl (C=O) groups excluding carboxylic acids is 1. The molecule has 2 aliphatic rings. The van der Waals surface area contributed by atoms with Crippen LogP contribution in [0.1, 0.15) is 24.8 Å². The smallest absolute Gasteiger partial charge is 0.237 e. The fourth-order valence-electron chi connectivity index (χ4n) is 3.46. The Balaban J connectivity index is 1.46. The summed E-state index contributed by atoms with van der Waals surface area (Å²) in [5, 5.41) is 12.9. The minimum Gasteiger partial charge on any atom is -0.508 e. The van der Waals surface area contributed by atoms with Gasteiger partial charge in [0.25, 0.3) is 0 Å². The first kappa shape index (κ1) is 18.3. The van der Waals surface area contributed by atoms with Crippen LogP contribution in [0, 0.1) is 5.82 Å². The van der Waals surface area contributed by atoms with Crippen LogP contribution >= 0.6 is 11.8 Å². The first-order valence-corrected chi connectivity index (χ1v) is 10.2. The fraction of sp³-hybridized carbons (Fsp3) is 0.381. The third-order valence-electron chi connectivity index (χ3n) is 5.03. The number of thioether (sulfide) groups is 1. The highest BCUT2D eigenvalue weighted by molar-refractivity contribution is 8.00. The minimum atomic E-state index is -0.235. The van der Waals surface area contributed by atoms with Crippen LogP contribution in [0.2, 0.25) is 0 Å². The first-order chi connectivity index (χ1) is 13.1. The average molecular weight is 386 g/mol. The molecule has 1 saturated heterocycles. The normalized spacial score (nSPS) is 22.7. The van der Waals surface area contributed by atoms with Crippen LogP contribution in [-0.2, 0) is 11.3 Å². The molecule has 4 nitrogen and oxygen atoms in total. The van der Waals surface area contributed by atoms with Gasteiger partial charge in [0.05, 0.1) is 6.04 Å². The predicted molar refractivity (Wildman–Crippen MR) is 104 cm³/mol. The van der Waals surface area contributed by atoms with Gasteiger partial charge in [-0.2, -0.15) is 0 Å². The molecule has 1 heterocycles. The maximum Gasteiger partial charge on any atom is 0.237 e. The summed E-state index contributed by atoms with van der Waals surface area (Å²) >= 11 is 1.70. The van der Waals surface area contributed by atoms with Crippen molar-refractivity contribution in [3.63, 3.8) is 0 Å². The van der Waals surface area contributed by atoms with Crippen molar-refractivity contribution in [2.45, 2.75) is 48.0 Å². The van der Waals surface area contributed by atoms with Crippen molar-refractivity contribution in [3.8, 4) is 5.75 Å². The lowest BCUT2D eigenvalue weighted by Gasteiger charge is -2.23.